The van der Waals surface area contributed by atoms with Gasteiger partial charge >= 0.3 is 5.97 Å². The summed E-state index contributed by atoms with van der Waals surface area (Å²) in [6.07, 6.45) is 2.59. The van der Waals surface area contributed by atoms with Crippen LogP contribution in [0.2, 0.25) is 0 Å². The van der Waals surface area contributed by atoms with Gasteiger partial charge in [0.15, 0.2) is 0 Å². The maximum atomic E-state index is 12.4. The van der Waals surface area contributed by atoms with E-state index in [9.17, 15) is 4.79 Å². The van der Waals surface area contributed by atoms with Crippen LogP contribution in [0, 0.1) is 6.92 Å². The molecule has 6 nitrogen and oxygen atoms in total. The predicted molar refractivity (Wildman–Crippen MR) is 116 cm³/mol. The van der Waals surface area contributed by atoms with Crippen LogP contribution in [0.15, 0.2) is 66.9 Å². The van der Waals surface area contributed by atoms with Crippen LogP contribution in [0.3, 0.4) is 0 Å². The number of hydrogen-bond donors (Lipinski definition) is 1. The van der Waals surface area contributed by atoms with Crippen LogP contribution in [0.5, 0.6) is 0 Å². The Morgan fingerprint density at radius 3 is 2.50 bits per heavy atom. The van der Waals surface area contributed by atoms with E-state index < -0.39 is 5.97 Å². The van der Waals surface area contributed by atoms with Gasteiger partial charge < -0.3 is 10.1 Å². The normalized spacial score (nSPS) is 16.4. The molecule has 0 saturated carbocycles. The SMILES string of the molecule is Cc1nc(NC2CCN(Cc3ccccc3)C2)ncc1C(=O)OCc1ccccc1. The summed E-state index contributed by atoms with van der Waals surface area (Å²) in [6, 6.07) is 20.4. The molecule has 1 saturated heterocycles. The summed E-state index contributed by atoms with van der Waals surface area (Å²) in [5.74, 6) is 0.150. The number of nitrogens with zero attached hydrogens (tertiary/aromatic N) is 3. The fourth-order valence-electron chi connectivity index (χ4n) is 3.66. The number of anilines is 1. The first kappa shape index (κ1) is 20.0. The highest BCUT2D eigenvalue weighted by Gasteiger charge is 2.23. The molecule has 2 aromatic carbocycles. The molecule has 154 valence electrons. The summed E-state index contributed by atoms with van der Waals surface area (Å²) < 4.78 is 5.39. The second-order valence-electron chi connectivity index (χ2n) is 7.61. The molecule has 1 atom stereocenters. The van der Waals surface area contributed by atoms with Crippen molar-refractivity contribution in [3.63, 3.8) is 0 Å². The Bertz CT molecular complexity index is 979. The van der Waals surface area contributed by atoms with E-state index in [0.29, 0.717) is 23.2 Å². The minimum atomic E-state index is -0.405. The van der Waals surface area contributed by atoms with Crippen molar-refractivity contribution in [2.75, 3.05) is 18.4 Å². The zero-order valence-corrected chi connectivity index (χ0v) is 17.1. The average molecular weight is 402 g/mol. The second kappa shape index (κ2) is 9.50. The van der Waals surface area contributed by atoms with Crippen molar-refractivity contribution in [2.45, 2.75) is 32.5 Å². The highest BCUT2D eigenvalue weighted by molar-refractivity contribution is 5.90. The summed E-state index contributed by atoms with van der Waals surface area (Å²) in [4.78, 5) is 23.6. The predicted octanol–water partition coefficient (Wildman–Crippen LogP) is 3.83. The first-order valence-corrected chi connectivity index (χ1v) is 10.2. The third-order valence-electron chi connectivity index (χ3n) is 5.27. The van der Waals surface area contributed by atoms with E-state index in [1.165, 1.54) is 5.56 Å². The number of nitrogens with one attached hydrogen (secondary N) is 1. The van der Waals surface area contributed by atoms with Crippen LogP contribution in [-0.2, 0) is 17.9 Å². The number of aromatic nitrogens is 2. The van der Waals surface area contributed by atoms with Gasteiger partial charge in [-0.25, -0.2) is 14.8 Å². The fraction of sp³-hybridized carbons (Fsp3) is 0.292. The van der Waals surface area contributed by atoms with Crippen LogP contribution in [0.1, 0.15) is 33.6 Å². The van der Waals surface area contributed by atoms with E-state index in [2.05, 4.69) is 44.5 Å². The number of likely N-dealkylation sites (tertiary alicyclic amines) is 1. The Morgan fingerprint density at radius 1 is 1.10 bits per heavy atom. The molecule has 1 aromatic heterocycles. The number of benzene rings is 2. The number of hydrogen-bond acceptors (Lipinski definition) is 6. The Hall–Kier alpha value is -3.25. The lowest BCUT2D eigenvalue weighted by atomic mass is 10.2. The lowest BCUT2D eigenvalue weighted by Gasteiger charge is -2.17. The molecule has 0 bridgehead atoms. The van der Waals surface area contributed by atoms with E-state index in [1.54, 1.807) is 6.20 Å². The minimum absolute atomic E-state index is 0.235. The Kier molecular flexibility index (Phi) is 6.35. The number of aryl methyl sites for hydroxylation is 1. The molecule has 1 fully saturated rings. The molecule has 2 heterocycles. The molecule has 4 rings (SSSR count). The van der Waals surface area contributed by atoms with Gasteiger partial charge in [-0.15, -0.1) is 0 Å². The van der Waals surface area contributed by atoms with Gasteiger partial charge in [0.25, 0.3) is 0 Å². The fourth-order valence-corrected chi connectivity index (χ4v) is 3.66. The van der Waals surface area contributed by atoms with Crippen LogP contribution in [-0.4, -0.2) is 40.0 Å². The lowest BCUT2D eigenvalue weighted by molar-refractivity contribution is 0.0471. The first-order valence-electron chi connectivity index (χ1n) is 10.2. The third kappa shape index (κ3) is 5.21. The summed E-state index contributed by atoms with van der Waals surface area (Å²) in [5.41, 5.74) is 3.28. The van der Waals surface area contributed by atoms with Gasteiger partial charge in [0.2, 0.25) is 5.95 Å². The van der Waals surface area contributed by atoms with Crippen molar-refractivity contribution < 1.29 is 9.53 Å². The van der Waals surface area contributed by atoms with E-state index in [0.717, 1.165) is 31.6 Å². The molecule has 3 aromatic rings. The first-order chi connectivity index (χ1) is 14.7. The molecule has 1 unspecified atom stereocenters. The Morgan fingerprint density at radius 2 is 1.80 bits per heavy atom. The Balaban J connectivity index is 1.30. The summed E-state index contributed by atoms with van der Waals surface area (Å²) in [5, 5.41) is 3.41. The average Bonchev–Trinajstić information content (AvgIpc) is 3.20. The summed E-state index contributed by atoms with van der Waals surface area (Å²) in [7, 11) is 0. The van der Waals surface area contributed by atoms with Crippen LogP contribution in [0.4, 0.5) is 5.95 Å². The van der Waals surface area contributed by atoms with Crippen molar-refractivity contribution in [1.29, 1.82) is 0 Å². The van der Waals surface area contributed by atoms with Gasteiger partial charge in [-0.3, -0.25) is 4.90 Å². The van der Waals surface area contributed by atoms with E-state index in [1.807, 2.05) is 43.3 Å². The van der Waals surface area contributed by atoms with Gasteiger partial charge in [-0.1, -0.05) is 60.7 Å². The van der Waals surface area contributed by atoms with Crippen LogP contribution < -0.4 is 5.32 Å². The number of carbonyl (C=O) groups is 1. The molecule has 0 radical (unpaired) electrons. The topological polar surface area (TPSA) is 67.4 Å². The second-order valence-corrected chi connectivity index (χ2v) is 7.61. The number of esters is 1. The van der Waals surface area contributed by atoms with Crippen LogP contribution >= 0.6 is 0 Å². The number of carbonyl (C=O) groups excluding carboxylic acids is 1. The standard InChI is InChI=1S/C24H26N4O2/c1-18-22(23(29)30-17-20-10-6-3-7-11-20)14-25-24(26-18)27-21-12-13-28(16-21)15-19-8-4-2-5-9-19/h2-11,14,21H,12-13,15-17H2,1H3,(H,25,26,27). The molecule has 6 heteroatoms. The van der Waals surface area contributed by atoms with Crippen LogP contribution in [0.25, 0.3) is 0 Å². The van der Waals surface area contributed by atoms with Crippen molar-refractivity contribution in [3.8, 4) is 0 Å². The number of ether oxygens (including phenoxy) is 1. The number of rotatable bonds is 7. The molecule has 0 spiro atoms. The van der Waals surface area contributed by atoms with Gasteiger partial charge in [-0.2, -0.15) is 0 Å². The molecule has 1 aliphatic rings. The molecule has 1 aliphatic heterocycles. The largest absolute Gasteiger partial charge is 0.457 e. The highest BCUT2D eigenvalue weighted by atomic mass is 16.5. The zero-order valence-electron chi connectivity index (χ0n) is 17.1. The van der Waals surface area contributed by atoms with Gasteiger partial charge in [-0.05, 0) is 24.5 Å². The third-order valence-corrected chi connectivity index (χ3v) is 5.27. The molecular formula is C24H26N4O2. The van der Waals surface area contributed by atoms with Gasteiger partial charge in [0.05, 0.1) is 11.3 Å². The van der Waals surface area contributed by atoms with Crippen molar-refractivity contribution >= 4 is 11.9 Å². The quantitative estimate of drug-likeness (QED) is 0.606. The molecular weight excluding hydrogens is 376 g/mol. The highest BCUT2D eigenvalue weighted by Crippen LogP contribution is 2.17. The summed E-state index contributed by atoms with van der Waals surface area (Å²) in [6.45, 7) is 4.97. The molecule has 30 heavy (non-hydrogen) atoms. The van der Waals surface area contributed by atoms with Crippen molar-refractivity contribution in [2.24, 2.45) is 0 Å². The summed E-state index contributed by atoms with van der Waals surface area (Å²) >= 11 is 0. The van der Waals surface area contributed by atoms with E-state index in [-0.39, 0.29) is 6.61 Å². The maximum Gasteiger partial charge on any atom is 0.341 e. The van der Waals surface area contributed by atoms with Crippen molar-refractivity contribution in [3.05, 3.63) is 89.2 Å². The monoisotopic (exact) mass is 402 g/mol. The van der Waals surface area contributed by atoms with Gasteiger partial charge in [0, 0.05) is 31.9 Å². The smallest absolute Gasteiger partial charge is 0.341 e. The molecule has 0 aliphatic carbocycles. The maximum absolute atomic E-state index is 12.4. The lowest BCUT2D eigenvalue weighted by Crippen LogP contribution is -2.27. The van der Waals surface area contributed by atoms with E-state index in [4.69, 9.17) is 4.74 Å². The molecule has 0 amide bonds. The molecule has 1 N–H and O–H groups in total. The Labute approximate surface area is 176 Å². The van der Waals surface area contributed by atoms with Crippen molar-refractivity contribution in [1.82, 2.24) is 14.9 Å². The van der Waals surface area contributed by atoms with Gasteiger partial charge in [0.1, 0.15) is 6.61 Å². The minimum Gasteiger partial charge on any atom is -0.457 e. The van der Waals surface area contributed by atoms with E-state index >= 15 is 0 Å². The zero-order chi connectivity index (χ0) is 20.8.